The molecule has 5 nitrogen and oxygen atoms in total. The van der Waals surface area contributed by atoms with E-state index in [2.05, 4.69) is 14.7 Å². The Labute approximate surface area is 107 Å². The summed E-state index contributed by atoms with van der Waals surface area (Å²) >= 11 is 0. The number of anilines is 1. The molecule has 1 aliphatic rings. The van der Waals surface area contributed by atoms with Gasteiger partial charge in [0.1, 0.15) is 11.7 Å². The van der Waals surface area contributed by atoms with Gasteiger partial charge in [0.05, 0.1) is 7.11 Å². The van der Waals surface area contributed by atoms with Crippen molar-refractivity contribution in [2.45, 2.75) is 25.1 Å². The number of esters is 1. The molecule has 1 aromatic rings. The van der Waals surface area contributed by atoms with Gasteiger partial charge < -0.3 is 9.64 Å². The predicted molar refractivity (Wildman–Crippen MR) is 59.4 cm³/mol. The smallest absolute Gasteiger partial charge is 0.433 e. The topological polar surface area (TPSA) is 55.3 Å². The lowest BCUT2D eigenvalue weighted by Crippen LogP contribution is -2.38. The minimum absolute atomic E-state index is 0.0947. The van der Waals surface area contributed by atoms with Crippen molar-refractivity contribution >= 4 is 11.9 Å². The maximum atomic E-state index is 12.6. The number of ether oxygens (including phenoxy) is 1. The van der Waals surface area contributed by atoms with Gasteiger partial charge in [0.25, 0.3) is 0 Å². The van der Waals surface area contributed by atoms with Crippen LogP contribution in [0.1, 0.15) is 18.5 Å². The highest BCUT2D eigenvalue weighted by Crippen LogP contribution is 2.30. The number of aromatic nitrogens is 2. The van der Waals surface area contributed by atoms with Crippen LogP contribution in [0.3, 0.4) is 0 Å². The molecule has 2 heterocycles. The minimum atomic E-state index is -4.53. The third kappa shape index (κ3) is 2.77. The van der Waals surface area contributed by atoms with Crippen LogP contribution in [0.5, 0.6) is 0 Å². The number of hydrogen-bond donors (Lipinski definition) is 0. The van der Waals surface area contributed by atoms with Crippen molar-refractivity contribution in [2.75, 3.05) is 18.6 Å². The SMILES string of the molecule is COC(=O)C1CCCN1c1nccc(C(F)(F)F)n1. The van der Waals surface area contributed by atoms with Crippen LogP contribution in [-0.2, 0) is 15.7 Å². The molecule has 0 amide bonds. The highest BCUT2D eigenvalue weighted by atomic mass is 19.4. The molecule has 0 aliphatic carbocycles. The van der Waals surface area contributed by atoms with E-state index in [9.17, 15) is 18.0 Å². The molecule has 0 saturated carbocycles. The highest BCUT2D eigenvalue weighted by molar-refractivity contribution is 5.79. The second-order valence-corrected chi connectivity index (χ2v) is 4.11. The highest BCUT2D eigenvalue weighted by Gasteiger charge is 2.36. The maximum absolute atomic E-state index is 12.6. The first kappa shape index (κ1) is 13.6. The number of alkyl halides is 3. The Bertz CT molecular complexity index is 478. The van der Waals surface area contributed by atoms with Gasteiger partial charge in [-0.25, -0.2) is 14.8 Å². The molecular formula is C11H12F3N3O2. The van der Waals surface area contributed by atoms with E-state index >= 15 is 0 Å². The van der Waals surface area contributed by atoms with E-state index in [0.717, 1.165) is 12.3 Å². The van der Waals surface area contributed by atoms with Crippen LogP contribution in [0, 0.1) is 0 Å². The summed E-state index contributed by atoms with van der Waals surface area (Å²) in [6, 6.07) is 0.181. The molecule has 1 fully saturated rings. The van der Waals surface area contributed by atoms with Gasteiger partial charge in [-0.2, -0.15) is 13.2 Å². The van der Waals surface area contributed by atoms with Gasteiger partial charge in [-0.05, 0) is 18.9 Å². The molecule has 8 heteroatoms. The number of nitrogens with zero attached hydrogens (tertiary/aromatic N) is 3. The van der Waals surface area contributed by atoms with Crippen LogP contribution in [-0.4, -0.2) is 35.6 Å². The lowest BCUT2D eigenvalue weighted by Gasteiger charge is -2.22. The van der Waals surface area contributed by atoms with Gasteiger partial charge in [0.15, 0.2) is 0 Å². The van der Waals surface area contributed by atoms with Gasteiger partial charge >= 0.3 is 12.1 Å². The van der Waals surface area contributed by atoms with Crippen molar-refractivity contribution in [3.63, 3.8) is 0 Å². The van der Waals surface area contributed by atoms with Crippen LogP contribution in [0.25, 0.3) is 0 Å². The van der Waals surface area contributed by atoms with Crippen LogP contribution < -0.4 is 4.90 Å². The molecule has 0 radical (unpaired) electrons. The number of carbonyl (C=O) groups is 1. The monoisotopic (exact) mass is 275 g/mol. The van der Waals surface area contributed by atoms with Crippen molar-refractivity contribution < 1.29 is 22.7 Å². The zero-order valence-electron chi connectivity index (χ0n) is 10.1. The summed E-state index contributed by atoms with van der Waals surface area (Å²) < 4.78 is 42.4. The first-order valence-corrected chi connectivity index (χ1v) is 5.68. The minimum Gasteiger partial charge on any atom is -0.467 e. The Morgan fingerprint density at radius 2 is 2.26 bits per heavy atom. The molecule has 1 aromatic heterocycles. The first-order chi connectivity index (χ1) is 8.93. The average molecular weight is 275 g/mol. The normalized spacial score (nSPS) is 19.6. The summed E-state index contributed by atoms with van der Waals surface area (Å²) in [5.41, 5.74) is -1.02. The molecule has 0 N–H and O–H groups in total. The molecule has 2 rings (SSSR count). The fraction of sp³-hybridized carbons (Fsp3) is 0.545. The molecule has 0 aromatic carbocycles. The quantitative estimate of drug-likeness (QED) is 0.768. The molecular weight excluding hydrogens is 263 g/mol. The molecule has 1 unspecified atom stereocenters. The third-order valence-corrected chi connectivity index (χ3v) is 2.92. The van der Waals surface area contributed by atoms with E-state index in [1.807, 2.05) is 0 Å². The standard InChI is InChI=1S/C11H12F3N3O2/c1-19-9(18)7-3-2-6-17(7)10-15-5-4-8(16-10)11(12,13)14/h4-5,7H,2-3,6H2,1H3. The summed E-state index contributed by atoms with van der Waals surface area (Å²) in [5.74, 6) is -0.582. The van der Waals surface area contributed by atoms with Crippen molar-refractivity contribution in [3.05, 3.63) is 18.0 Å². The summed E-state index contributed by atoms with van der Waals surface area (Å²) in [5, 5.41) is 0. The van der Waals surface area contributed by atoms with Gasteiger partial charge in [0, 0.05) is 12.7 Å². The van der Waals surface area contributed by atoms with Gasteiger partial charge in [-0.15, -0.1) is 0 Å². The van der Waals surface area contributed by atoms with E-state index in [1.54, 1.807) is 0 Å². The lowest BCUT2D eigenvalue weighted by atomic mass is 10.2. The largest absolute Gasteiger partial charge is 0.467 e. The van der Waals surface area contributed by atoms with E-state index in [-0.39, 0.29) is 5.95 Å². The Kier molecular flexibility index (Phi) is 3.59. The van der Waals surface area contributed by atoms with Gasteiger partial charge in [-0.1, -0.05) is 0 Å². The second-order valence-electron chi connectivity index (χ2n) is 4.11. The first-order valence-electron chi connectivity index (χ1n) is 5.68. The Morgan fingerprint density at radius 1 is 1.53 bits per heavy atom. The van der Waals surface area contributed by atoms with Crippen molar-refractivity contribution in [1.82, 2.24) is 9.97 Å². The summed E-state index contributed by atoms with van der Waals surface area (Å²) in [7, 11) is 1.24. The Balaban J connectivity index is 2.29. The molecule has 1 atom stereocenters. The summed E-state index contributed by atoms with van der Waals surface area (Å²) in [4.78, 5) is 20.3. The number of halogens is 3. The molecule has 0 bridgehead atoms. The van der Waals surface area contributed by atoms with Gasteiger partial charge in [0.2, 0.25) is 5.95 Å². The predicted octanol–water partition coefficient (Wildman–Crippen LogP) is 1.64. The number of hydrogen-bond acceptors (Lipinski definition) is 5. The Morgan fingerprint density at radius 3 is 2.89 bits per heavy atom. The van der Waals surface area contributed by atoms with Crippen LogP contribution in [0.15, 0.2) is 12.3 Å². The molecule has 104 valence electrons. The number of carbonyl (C=O) groups excluding carboxylic acids is 1. The van der Waals surface area contributed by atoms with Crippen molar-refractivity contribution in [2.24, 2.45) is 0 Å². The van der Waals surface area contributed by atoms with E-state index in [1.165, 1.54) is 12.0 Å². The average Bonchev–Trinajstić information content (AvgIpc) is 2.86. The summed E-state index contributed by atoms with van der Waals surface area (Å²) in [6.07, 6.45) is -2.29. The third-order valence-electron chi connectivity index (χ3n) is 2.92. The van der Waals surface area contributed by atoms with Crippen molar-refractivity contribution in [3.8, 4) is 0 Å². The zero-order chi connectivity index (χ0) is 14.0. The molecule has 19 heavy (non-hydrogen) atoms. The van der Waals surface area contributed by atoms with E-state index in [4.69, 9.17) is 0 Å². The second kappa shape index (κ2) is 5.02. The number of methoxy groups -OCH3 is 1. The van der Waals surface area contributed by atoms with Crippen molar-refractivity contribution in [1.29, 1.82) is 0 Å². The maximum Gasteiger partial charge on any atom is 0.433 e. The van der Waals surface area contributed by atoms with Gasteiger partial charge in [-0.3, -0.25) is 0 Å². The van der Waals surface area contributed by atoms with Crippen LogP contribution in [0.2, 0.25) is 0 Å². The zero-order valence-corrected chi connectivity index (χ0v) is 10.1. The van der Waals surface area contributed by atoms with Crippen LogP contribution in [0.4, 0.5) is 19.1 Å². The lowest BCUT2D eigenvalue weighted by molar-refractivity contribution is -0.142. The Hall–Kier alpha value is -1.86. The van der Waals surface area contributed by atoms with E-state index in [0.29, 0.717) is 19.4 Å². The number of rotatable bonds is 2. The summed E-state index contributed by atoms with van der Waals surface area (Å²) in [6.45, 7) is 0.432. The molecule has 1 saturated heterocycles. The molecule has 0 spiro atoms. The molecule has 1 aliphatic heterocycles. The fourth-order valence-electron chi connectivity index (χ4n) is 2.03. The van der Waals surface area contributed by atoms with Crippen LogP contribution >= 0.6 is 0 Å². The fourth-order valence-corrected chi connectivity index (χ4v) is 2.03. The van der Waals surface area contributed by atoms with E-state index < -0.39 is 23.9 Å².